The zero-order chi connectivity index (χ0) is 19.2. The van der Waals surface area contributed by atoms with Crippen molar-refractivity contribution in [3.05, 3.63) is 47.4 Å². The first kappa shape index (κ1) is 19.5. The second-order valence-electron chi connectivity index (χ2n) is 6.42. The number of amides is 1. The standard InChI is InChI=1S/C20H25FN4OS/c1-3-24(4-2)11-5-10-22-19(26)12-17-14-27-20-23-18(13-25(17)20)15-6-8-16(21)9-7-15/h6-9,13-14H,3-5,10-12H2,1-2H3,(H,22,26). The summed E-state index contributed by atoms with van der Waals surface area (Å²) in [6.07, 6.45) is 3.18. The summed E-state index contributed by atoms with van der Waals surface area (Å²) in [5, 5.41) is 4.96. The van der Waals surface area contributed by atoms with Crippen LogP contribution in [0.5, 0.6) is 0 Å². The molecule has 1 aromatic carbocycles. The molecule has 0 aliphatic rings. The Morgan fingerprint density at radius 2 is 2.00 bits per heavy atom. The molecule has 0 unspecified atom stereocenters. The van der Waals surface area contributed by atoms with E-state index in [4.69, 9.17) is 0 Å². The SMILES string of the molecule is CCN(CC)CCCNC(=O)Cc1csc2nc(-c3ccc(F)cc3)cn12. The van der Waals surface area contributed by atoms with Gasteiger partial charge >= 0.3 is 0 Å². The molecule has 3 rings (SSSR count). The maximum atomic E-state index is 13.1. The number of benzene rings is 1. The van der Waals surface area contributed by atoms with Crippen LogP contribution in [0.15, 0.2) is 35.8 Å². The van der Waals surface area contributed by atoms with Crippen molar-refractivity contribution in [1.82, 2.24) is 19.6 Å². The molecule has 2 heterocycles. The van der Waals surface area contributed by atoms with Crippen LogP contribution >= 0.6 is 11.3 Å². The predicted octanol–water partition coefficient (Wildman–Crippen LogP) is 3.59. The van der Waals surface area contributed by atoms with Gasteiger partial charge in [-0.2, -0.15) is 0 Å². The van der Waals surface area contributed by atoms with Gasteiger partial charge in [-0.15, -0.1) is 11.3 Å². The minimum Gasteiger partial charge on any atom is -0.356 e. The average molecular weight is 389 g/mol. The Kier molecular flexibility index (Phi) is 6.58. The zero-order valence-electron chi connectivity index (χ0n) is 15.7. The van der Waals surface area contributed by atoms with E-state index >= 15 is 0 Å². The lowest BCUT2D eigenvalue weighted by Crippen LogP contribution is -2.30. The highest BCUT2D eigenvalue weighted by molar-refractivity contribution is 7.15. The van der Waals surface area contributed by atoms with E-state index in [-0.39, 0.29) is 11.7 Å². The second-order valence-corrected chi connectivity index (χ2v) is 7.26. The van der Waals surface area contributed by atoms with Gasteiger partial charge in [0.15, 0.2) is 4.96 Å². The first-order chi connectivity index (χ1) is 13.1. The van der Waals surface area contributed by atoms with Crippen LogP contribution in [-0.4, -0.2) is 46.4 Å². The summed E-state index contributed by atoms with van der Waals surface area (Å²) in [6, 6.07) is 6.28. The third-order valence-electron chi connectivity index (χ3n) is 4.63. The molecule has 0 saturated carbocycles. The third-order valence-corrected chi connectivity index (χ3v) is 5.52. The molecule has 27 heavy (non-hydrogen) atoms. The van der Waals surface area contributed by atoms with Crippen LogP contribution < -0.4 is 5.32 Å². The van der Waals surface area contributed by atoms with E-state index in [1.54, 1.807) is 12.1 Å². The normalized spacial score (nSPS) is 11.4. The molecule has 1 amide bonds. The summed E-state index contributed by atoms with van der Waals surface area (Å²) in [7, 11) is 0. The Morgan fingerprint density at radius 3 is 2.70 bits per heavy atom. The van der Waals surface area contributed by atoms with Gasteiger partial charge in [-0.25, -0.2) is 9.37 Å². The summed E-state index contributed by atoms with van der Waals surface area (Å²) in [4.78, 5) is 20.0. The highest BCUT2D eigenvalue weighted by atomic mass is 32.1. The van der Waals surface area contributed by atoms with Crippen LogP contribution in [0.25, 0.3) is 16.2 Å². The smallest absolute Gasteiger partial charge is 0.225 e. The molecule has 5 nitrogen and oxygen atoms in total. The summed E-state index contributed by atoms with van der Waals surface area (Å²) in [6.45, 7) is 8.05. The van der Waals surface area contributed by atoms with Gasteiger partial charge in [0, 0.05) is 29.4 Å². The fraction of sp³-hybridized carbons (Fsp3) is 0.400. The van der Waals surface area contributed by atoms with Crippen molar-refractivity contribution in [3.8, 4) is 11.3 Å². The molecule has 0 saturated heterocycles. The first-order valence-electron chi connectivity index (χ1n) is 9.31. The van der Waals surface area contributed by atoms with E-state index in [2.05, 4.69) is 29.0 Å². The van der Waals surface area contributed by atoms with Gasteiger partial charge in [0.2, 0.25) is 5.91 Å². The maximum Gasteiger partial charge on any atom is 0.225 e. The molecule has 3 aromatic rings. The summed E-state index contributed by atoms with van der Waals surface area (Å²) in [5.41, 5.74) is 2.55. The van der Waals surface area contributed by atoms with Crippen molar-refractivity contribution in [3.63, 3.8) is 0 Å². The Morgan fingerprint density at radius 1 is 1.26 bits per heavy atom. The van der Waals surface area contributed by atoms with Gasteiger partial charge < -0.3 is 10.2 Å². The average Bonchev–Trinajstić information content (AvgIpc) is 3.24. The number of hydrogen-bond donors (Lipinski definition) is 1. The maximum absolute atomic E-state index is 13.1. The van der Waals surface area contributed by atoms with Crippen molar-refractivity contribution in [2.45, 2.75) is 26.7 Å². The van der Waals surface area contributed by atoms with Crippen LogP contribution in [0, 0.1) is 5.82 Å². The highest BCUT2D eigenvalue weighted by Gasteiger charge is 2.12. The number of halogens is 1. The predicted molar refractivity (Wildman–Crippen MR) is 108 cm³/mol. The molecule has 7 heteroatoms. The second kappa shape index (κ2) is 9.10. The monoisotopic (exact) mass is 388 g/mol. The number of hydrogen-bond acceptors (Lipinski definition) is 4. The number of nitrogens with zero attached hydrogens (tertiary/aromatic N) is 3. The Bertz CT molecular complexity index is 883. The topological polar surface area (TPSA) is 49.6 Å². The van der Waals surface area contributed by atoms with Crippen LogP contribution in [0.2, 0.25) is 0 Å². The number of thiazole rings is 1. The summed E-state index contributed by atoms with van der Waals surface area (Å²) >= 11 is 1.50. The molecule has 0 fully saturated rings. The molecule has 0 radical (unpaired) electrons. The van der Waals surface area contributed by atoms with Gasteiger partial charge in [-0.3, -0.25) is 9.20 Å². The lowest BCUT2D eigenvalue weighted by Gasteiger charge is -2.17. The Balaban J connectivity index is 1.58. The van der Waals surface area contributed by atoms with Gasteiger partial charge in [-0.1, -0.05) is 13.8 Å². The van der Waals surface area contributed by atoms with E-state index in [9.17, 15) is 9.18 Å². The molecule has 0 spiro atoms. The molecule has 0 atom stereocenters. The summed E-state index contributed by atoms with van der Waals surface area (Å²) in [5.74, 6) is -0.246. The molecule has 0 aliphatic carbocycles. The van der Waals surface area contributed by atoms with E-state index in [0.29, 0.717) is 13.0 Å². The van der Waals surface area contributed by atoms with Crippen molar-refractivity contribution in [1.29, 1.82) is 0 Å². The van der Waals surface area contributed by atoms with E-state index in [0.717, 1.165) is 48.0 Å². The Hall–Kier alpha value is -2.25. The molecule has 2 aromatic heterocycles. The van der Waals surface area contributed by atoms with Gasteiger partial charge in [0.05, 0.1) is 12.1 Å². The minimum atomic E-state index is -0.266. The molecule has 0 aliphatic heterocycles. The molecular weight excluding hydrogens is 363 g/mol. The fourth-order valence-corrected chi connectivity index (χ4v) is 3.89. The van der Waals surface area contributed by atoms with Gasteiger partial charge in [0.1, 0.15) is 5.82 Å². The fourth-order valence-electron chi connectivity index (χ4n) is 3.01. The van der Waals surface area contributed by atoms with Crippen molar-refractivity contribution in [2.24, 2.45) is 0 Å². The quantitative estimate of drug-likeness (QED) is 0.570. The van der Waals surface area contributed by atoms with Crippen LogP contribution in [0.4, 0.5) is 4.39 Å². The number of fused-ring (bicyclic) bond motifs is 1. The van der Waals surface area contributed by atoms with Crippen molar-refractivity contribution < 1.29 is 9.18 Å². The van der Waals surface area contributed by atoms with Crippen LogP contribution in [-0.2, 0) is 11.2 Å². The highest BCUT2D eigenvalue weighted by Crippen LogP contribution is 2.24. The zero-order valence-corrected chi connectivity index (χ0v) is 16.6. The van der Waals surface area contributed by atoms with Crippen molar-refractivity contribution >= 4 is 22.2 Å². The van der Waals surface area contributed by atoms with Crippen LogP contribution in [0.3, 0.4) is 0 Å². The van der Waals surface area contributed by atoms with Gasteiger partial charge in [0.25, 0.3) is 0 Å². The molecule has 1 N–H and O–H groups in total. The number of aromatic nitrogens is 2. The Labute approximate surface area is 162 Å². The van der Waals surface area contributed by atoms with E-state index in [1.807, 2.05) is 16.0 Å². The number of nitrogens with one attached hydrogen (secondary N) is 1. The number of carbonyl (C=O) groups excluding carboxylic acids is 1. The van der Waals surface area contributed by atoms with E-state index < -0.39 is 0 Å². The van der Waals surface area contributed by atoms with Gasteiger partial charge in [-0.05, 0) is 50.3 Å². The molecular formula is C20H25FN4OS. The minimum absolute atomic E-state index is 0.0197. The number of imidazole rings is 1. The largest absolute Gasteiger partial charge is 0.356 e. The van der Waals surface area contributed by atoms with Crippen LogP contribution in [0.1, 0.15) is 26.0 Å². The van der Waals surface area contributed by atoms with E-state index in [1.165, 1.54) is 23.5 Å². The first-order valence-corrected chi connectivity index (χ1v) is 10.2. The number of carbonyl (C=O) groups is 1. The lowest BCUT2D eigenvalue weighted by atomic mass is 10.2. The number of rotatable bonds is 9. The lowest BCUT2D eigenvalue weighted by molar-refractivity contribution is -0.120. The summed E-state index contributed by atoms with van der Waals surface area (Å²) < 4.78 is 15.0. The molecule has 144 valence electrons. The third kappa shape index (κ3) is 4.93. The van der Waals surface area contributed by atoms with Crippen molar-refractivity contribution in [2.75, 3.05) is 26.2 Å². The molecule has 0 bridgehead atoms.